The van der Waals surface area contributed by atoms with Gasteiger partial charge in [-0.15, -0.1) is 10.2 Å². The number of benzene rings is 1. The number of methoxy groups -OCH3 is 1. The molecule has 0 saturated heterocycles. The van der Waals surface area contributed by atoms with Crippen LogP contribution in [0.4, 0.5) is 5.82 Å². The molecule has 0 amide bonds. The topological polar surface area (TPSA) is 47.0 Å². The quantitative estimate of drug-likeness (QED) is 0.924. The van der Waals surface area contributed by atoms with Crippen molar-refractivity contribution < 1.29 is 4.74 Å². The van der Waals surface area contributed by atoms with Crippen LogP contribution in [0.3, 0.4) is 0 Å². The molecule has 0 atom stereocenters. The summed E-state index contributed by atoms with van der Waals surface area (Å²) >= 11 is 6.14. The van der Waals surface area contributed by atoms with E-state index in [1.807, 2.05) is 31.2 Å². The third kappa shape index (κ3) is 2.38. The number of nitrogens with zero attached hydrogens (tertiary/aromatic N) is 2. The number of nitrogens with one attached hydrogen (secondary N) is 1. The highest BCUT2D eigenvalue weighted by Gasteiger charge is 2.10. The summed E-state index contributed by atoms with van der Waals surface area (Å²) in [5.74, 6) is 1.46. The molecule has 4 nitrogen and oxygen atoms in total. The Morgan fingerprint density at radius 3 is 2.56 bits per heavy atom. The Bertz CT molecular complexity index is 555. The van der Waals surface area contributed by atoms with Crippen molar-refractivity contribution >= 4 is 17.4 Å². The zero-order valence-corrected chi connectivity index (χ0v) is 11.2. The lowest BCUT2D eigenvalue weighted by Crippen LogP contribution is -1.97. The lowest BCUT2D eigenvalue weighted by atomic mass is 10.1. The monoisotopic (exact) mass is 263 g/mol. The van der Waals surface area contributed by atoms with E-state index in [4.69, 9.17) is 16.3 Å². The van der Waals surface area contributed by atoms with Gasteiger partial charge in [-0.05, 0) is 36.8 Å². The lowest BCUT2D eigenvalue weighted by molar-refractivity contribution is 0.416. The maximum absolute atomic E-state index is 6.14. The van der Waals surface area contributed by atoms with Crippen LogP contribution >= 0.6 is 11.6 Å². The Morgan fingerprint density at radius 1 is 1.22 bits per heavy atom. The van der Waals surface area contributed by atoms with E-state index in [1.165, 1.54) is 0 Å². The summed E-state index contributed by atoms with van der Waals surface area (Å²) in [5, 5.41) is 11.8. The Balaban J connectivity index is 2.51. The highest BCUT2D eigenvalue weighted by molar-refractivity contribution is 6.31. The summed E-state index contributed by atoms with van der Waals surface area (Å²) in [7, 11) is 3.43. The number of hydrogen-bond acceptors (Lipinski definition) is 4. The molecule has 0 aliphatic heterocycles. The van der Waals surface area contributed by atoms with E-state index in [9.17, 15) is 0 Å². The number of rotatable bonds is 3. The molecule has 0 spiro atoms. The van der Waals surface area contributed by atoms with Crippen LogP contribution in [-0.2, 0) is 0 Å². The first kappa shape index (κ1) is 12.6. The van der Waals surface area contributed by atoms with Gasteiger partial charge in [0.25, 0.3) is 0 Å². The van der Waals surface area contributed by atoms with Gasteiger partial charge in [-0.25, -0.2) is 0 Å². The predicted molar refractivity (Wildman–Crippen MR) is 73.3 cm³/mol. The highest BCUT2D eigenvalue weighted by Crippen LogP contribution is 2.33. The zero-order valence-electron chi connectivity index (χ0n) is 10.5. The van der Waals surface area contributed by atoms with E-state index in [0.29, 0.717) is 5.02 Å². The second kappa shape index (κ2) is 5.23. The number of hydrogen-bond donors (Lipinski definition) is 1. The van der Waals surface area contributed by atoms with Crippen molar-refractivity contribution in [3.05, 3.63) is 34.9 Å². The predicted octanol–water partition coefficient (Wildman–Crippen LogP) is 3.16. The first-order chi connectivity index (χ1) is 8.65. The Hall–Kier alpha value is -1.81. The van der Waals surface area contributed by atoms with E-state index in [1.54, 1.807) is 14.2 Å². The molecule has 2 rings (SSSR count). The fourth-order valence-electron chi connectivity index (χ4n) is 1.63. The van der Waals surface area contributed by atoms with E-state index in [0.717, 1.165) is 28.4 Å². The number of ether oxygens (including phenoxy) is 1. The van der Waals surface area contributed by atoms with Crippen molar-refractivity contribution in [1.82, 2.24) is 10.2 Å². The van der Waals surface area contributed by atoms with Crippen LogP contribution in [0, 0.1) is 6.92 Å². The first-order valence-electron chi connectivity index (χ1n) is 5.51. The van der Waals surface area contributed by atoms with Crippen LogP contribution in [0.15, 0.2) is 24.3 Å². The molecule has 1 heterocycles. The number of aryl methyl sites for hydroxylation is 1. The molecular weight excluding hydrogens is 250 g/mol. The van der Waals surface area contributed by atoms with Crippen molar-refractivity contribution in [2.24, 2.45) is 0 Å². The smallest absolute Gasteiger partial charge is 0.148 e. The summed E-state index contributed by atoms with van der Waals surface area (Å²) in [4.78, 5) is 0. The molecule has 0 radical (unpaired) electrons. The largest absolute Gasteiger partial charge is 0.496 e. The van der Waals surface area contributed by atoms with Gasteiger partial charge in [-0.3, -0.25) is 0 Å². The standard InChI is InChI=1S/C13H14ClN3O/c1-8-6-12(18-3)9(7-10(8)14)11-4-5-13(15-2)17-16-11/h4-7H,1-3H3,(H,15,17). The van der Waals surface area contributed by atoms with Crippen LogP contribution in [0.5, 0.6) is 5.75 Å². The Labute approximate surface area is 111 Å². The zero-order chi connectivity index (χ0) is 13.1. The molecule has 94 valence electrons. The Kier molecular flexibility index (Phi) is 3.67. The van der Waals surface area contributed by atoms with Crippen molar-refractivity contribution in [2.75, 3.05) is 19.5 Å². The molecule has 1 aromatic heterocycles. The van der Waals surface area contributed by atoms with Crippen molar-refractivity contribution in [2.45, 2.75) is 6.92 Å². The van der Waals surface area contributed by atoms with Gasteiger partial charge in [-0.1, -0.05) is 11.6 Å². The van der Waals surface area contributed by atoms with E-state index in [2.05, 4.69) is 15.5 Å². The normalized spacial score (nSPS) is 10.2. The van der Waals surface area contributed by atoms with Crippen molar-refractivity contribution in [3.63, 3.8) is 0 Å². The molecule has 0 saturated carbocycles. The molecule has 18 heavy (non-hydrogen) atoms. The summed E-state index contributed by atoms with van der Waals surface area (Å²) in [6.07, 6.45) is 0. The SMILES string of the molecule is CNc1ccc(-c2cc(Cl)c(C)cc2OC)nn1. The minimum atomic E-state index is 0.685. The van der Waals surface area contributed by atoms with E-state index in [-0.39, 0.29) is 0 Å². The molecule has 1 aromatic carbocycles. The molecule has 0 bridgehead atoms. The molecule has 0 aliphatic rings. The maximum Gasteiger partial charge on any atom is 0.148 e. The van der Waals surface area contributed by atoms with Crippen LogP contribution in [0.2, 0.25) is 5.02 Å². The molecule has 0 fully saturated rings. The fraction of sp³-hybridized carbons (Fsp3) is 0.231. The summed E-state index contributed by atoms with van der Waals surface area (Å²) < 4.78 is 5.35. The number of anilines is 1. The second-order valence-corrected chi connectivity index (χ2v) is 4.26. The Morgan fingerprint density at radius 2 is 2.00 bits per heavy atom. The molecule has 0 aliphatic carbocycles. The van der Waals surface area contributed by atoms with Crippen LogP contribution in [0.25, 0.3) is 11.3 Å². The van der Waals surface area contributed by atoms with Gasteiger partial charge in [0.1, 0.15) is 11.6 Å². The number of halogens is 1. The lowest BCUT2D eigenvalue weighted by Gasteiger charge is -2.10. The van der Waals surface area contributed by atoms with Gasteiger partial charge in [-0.2, -0.15) is 0 Å². The average Bonchev–Trinajstić information content (AvgIpc) is 2.41. The van der Waals surface area contributed by atoms with Crippen molar-refractivity contribution in [1.29, 1.82) is 0 Å². The second-order valence-electron chi connectivity index (χ2n) is 3.86. The molecule has 0 unspecified atom stereocenters. The summed E-state index contributed by atoms with van der Waals surface area (Å²) in [6.45, 7) is 1.93. The third-order valence-corrected chi connectivity index (χ3v) is 3.08. The van der Waals surface area contributed by atoms with Gasteiger partial charge in [0, 0.05) is 17.6 Å². The minimum Gasteiger partial charge on any atom is -0.496 e. The third-order valence-electron chi connectivity index (χ3n) is 2.68. The van der Waals surface area contributed by atoms with Crippen LogP contribution < -0.4 is 10.1 Å². The fourth-order valence-corrected chi connectivity index (χ4v) is 1.80. The van der Waals surface area contributed by atoms with Gasteiger partial charge in [0.15, 0.2) is 0 Å². The average molecular weight is 264 g/mol. The first-order valence-corrected chi connectivity index (χ1v) is 5.89. The molecular formula is C13H14ClN3O. The maximum atomic E-state index is 6.14. The van der Waals surface area contributed by atoms with Gasteiger partial charge in [0.05, 0.1) is 12.8 Å². The molecule has 2 aromatic rings. The summed E-state index contributed by atoms with van der Waals surface area (Å²) in [5.41, 5.74) is 2.54. The highest BCUT2D eigenvalue weighted by atomic mass is 35.5. The van der Waals surface area contributed by atoms with Crippen LogP contribution in [-0.4, -0.2) is 24.4 Å². The molecule has 5 heteroatoms. The minimum absolute atomic E-state index is 0.685. The van der Waals surface area contributed by atoms with Crippen LogP contribution in [0.1, 0.15) is 5.56 Å². The van der Waals surface area contributed by atoms with E-state index < -0.39 is 0 Å². The van der Waals surface area contributed by atoms with Gasteiger partial charge < -0.3 is 10.1 Å². The number of aromatic nitrogens is 2. The van der Waals surface area contributed by atoms with E-state index >= 15 is 0 Å². The summed E-state index contributed by atoms with van der Waals surface area (Å²) in [6, 6.07) is 7.47. The van der Waals surface area contributed by atoms with Crippen molar-refractivity contribution in [3.8, 4) is 17.0 Å². The molecule has 1 N–H and O–H groups in total. The van der Waals surface area contributed by atoms with Gasteiger partial charge >= 0.3 is 0 Å². The van der Waals surface area contributed by atoms with Gasteiger partial charge in [0.2, 0.25) is 0 Å².